The smallest absolute Gasteiger partial charge is 0.341 e. The lowest BCUT2D eigenvalue weighted by Gasteiger charge is -2.08. The van der Waals surface area contributed by atoms with Crippen LogP contribution in [0.5, 0.6) is 0 Å². The number of ether oxygens (including phenoxy) is 1. The zero-order valence-electron chi connectivity index (χ0n) is 14.3. The first-order valence-corrected chi connectivity index (χ1v) is 8.60. The van der Waals surface area contributed by atoms with Crippen LogP contribution in [0, 0.1) is 10.1 Å². The van der Waals surface area contributed by atoms with E-state index in [9.17, 15) is 19.7 Å². The number of nitrogens with zero attached hydrogens (tertiary/aromatic N) is 1. The van der Waals surface area contributed by atoms with Gasteiger partial charge >= 0.3 is 5.97 Å². The number of hydrogen-bond donors (Lipinski definition) is 0. The molecule has 2 aromatic rings. The van der Waals surface area contributed by atoms with Crippen LogP contribution in [-0.4, -0.2) is 23.8 Å². The molecule has 0 fully saturated rings. The van der Waals surface area contributed by atoms with Crippen LogP contribution in [0.1, 0.15) is 17.5 Å². The number of Topliss-reactive ketones (excluding diaryl/α,β-unsaturated/α-hetero) is 1. The van der Waals surface area contributed by atoms with Crippen molar-refractivity contribution in [2.75, 3.05) is 7.11 Å². The summed E-state index contributed by atoms with van der Waals surface area (Å²) in [6.07, 6.45) is 1.26. The first-order chi connectivity index (χ1) is 12.8. The molecule has 0 aromatic heterocycles. The van der Waals surface area contributed by atoms with Gasteiger partial charge in [0.05, 0.1) is 12.0 Å². The van der Waals surface area contributed by atoms with Gasteiger partial charge in [-0.25, -0.2) is 4.79 Å². The quantitative estimate of drug-likeness (QED) is 0.166. The van der Waals surface area contributed by atoms with E-state index in [-0.39, 0.29) is 34.1 Å². The molecule has 8 heteroatoms. The summed E-state index contributed by atoms with van der Waals surface area (Å²) in [5.74, 6) is -1.37. The summed E-state index contributed by atoms with van der Waals surface area (Å²) in [4.78, 5) is 35.2. The number of halogens is 2. The second-order valence-corrected chi connectivity index (χ2v) is 6.31. The van der Waals surface area contributed by atoms with Crippen molar-refractivity contribution in [1.82, 2.24) is 0 Å². The normalized spacial score (nSPS) is 11.1. The number of nitro groups is 1. The number of benzene rings is 2. The Hall–Kier alpha value is -2.70. The van der Waals surface area contributed by atoms with E-state index >= 15 is 0 Å². The number of carbonyl (C=O) groups excluding carboxylic acids is 2. The molecule has 27 heavy (non-hydrogen) atoms. The molecular weight excluding hydrogens is 393 g/mol. The molecule has 0 amide bonds. The fraction of sp³-hybridized carbons (Fsp3) is 0.158. The molecule has 0 radical (unpaired) electrons. The first kappa shape index (κ1) is 20.6. The van der Waals surface area contributed by atoms with Gasteiger partial charge in [0.15, 0.2) is 5.78 Å². The van der Waals surface area contributed by atoms with E-state index in [1.165, 1.54) is 12.1 Å². The fourth-order valence-corrected chi connectivity index (χ4v) is 2.95. The van der Waals surface area contributed by atoms with E-state index < -0.39 is 16.7 Å². The maximum Gasteiger partial charge on any atom is 0.341 e. The average molecular weight is 408 g/mol. The number of aryl methyl sites for hydroxylation is 1. The molecule has 2 aromatic carbocycles. The third kappa shape index (κ3) is 5.15. The van der Waals surface area contributed by atoms with Crippen LogP contribution >= 0.6 is 23.2 Å². The molecule has 0 bridgehead atoms. The van der Waals surface area contributed by atoms with Gasteiger partial charge in [0.1, 0.15) is 5.57 Å². The maximum absolute atomic E-state index is 12.6. The summed E-state index contributed by atoms with van der Waals surface area (Å²) in [5, 5.41) is 11.6. The summed E-state index contributed by atoms with van der Waals surface area (Å²) in [5.41, 5.74) is 0.408. The largest absolute Gasteiger partial charge is 0.465 e. The van der Waals surface area contributed by atoms with E-state index in [1.54, 1.807) is 36.4 Å². The zero-order chi connectivity index (χ0) is 20.0. The van der Waals surface area contributed by atoms with Crippen molar-refractivity contribution in [2.45, 2.75) is 12.8 Å². The predicted octanol–water partition coefficient (Wildman–Crippen LogP) is 4.66. The number of nitro benzene ring substituents is 1. The van der Waals surface area contributed by atoms with Gasteiger partial charge < -0.3 is 4.74 Å². The monoisotopic (exact) mass is 407 g/mol. The Kier molecular flexibility index (Phi) is 7.10. The molecule has 2 rings (SSSR count). The molecular formula is C19H15Cl2NO5. The van der Waals surface area contributed by atoms with Gasteiger partial charge in [0, 0.05) is 33.7 Å². The van der Waals surface area contributed by atoms with Crippen molar-refractivity contribution in [3.05, 3.63) is 79.3 Å². The lowest BCUT2D eigenvalue weighted by Crippen LogP contribution is -2.15. The highest BCUT2D eigenvalue weighted by atomic mass is 35.5. The SMILES string of the molecule is COC(=O)C(=Cc1c(Cl)cccc1Cl)C(=O)CCc1ccccc1[N+](=O)[O-]. The zero-order valence-corrected chi connectivity index (χ0v) is 15.8. The summed E-state index contributed by atoms with van der Waals surface area (Å²) in [6, 6.07) is 10.9. The Morgan fingerprint density at radius 2 is 1.74 bits per heavy atom. The minimum atomic E-state index is -0.835. The van der Waals surface area contributed by atoms with Gasteiger partial charge in [0.25, 0.3) is 5.69 Å². The second kappa shape index (κ2) is 9.30. The fourth-order valence-electron chi connectivity index (χ4n) is 2.44. The topological polar surface area (TPSA) is 86.5 Å². The number of ketones is 1. The molecule has 0 heterocycles. The van der Waals surface area contributed by atoms with E-state index in [2.05, 4.69) is 4.74 Å². The highest BCUT2D eigenvalue weighted by molar-refractivity contribution is 6.37. The standard InChI is InChI=1S/C19H15Cl2NO5/c1-27-19(24)14(11-13-15(20)6-4-7-16(13)21)18(23)10-9-12-5-2-3-8-17(12)22(25)26/h2-8,11H,9-10H2,1H3. The Labute approximate surface area is 165 Å². The Bertz CT molecular complexity index is 904. The van der Waals surface area contributed by atoms with Gasteiger partial charge in [0.2, 0.25) is 0 Å². The summed E-state index contributed by atoms with van der Waals surface area (Å²) >= 11 is 12.2. The maximum atomic E-state index is 12.6. The number of rotatable bonds is 7. The molecule has 0 aliphatic heterocycles. The molecule has 0 N–H and O–H groups in total. The first-order valence-electron chi connectivity index (χ1n) is 7.84. The number of para-hydroxylation sites is 1. The molecule has 0 saturated carbocycles. The predicted molar refractivity (Wildman–Crippen MR) is 103 cm³/mol. The van der Waals surface area contributed by atoms with Crippen molar-refractivity contribution in [2.24, 2.45) is 0 Å². The van der Waals surface area contributed by atoms with Crippen molar-refractivity contribution in [3.63, 3.8) is 0 Å². The van der Waals surface area contributed by atoms with E-state index in [0.29, 0.717) is 11.1 Å². The van der Waals surface area contributed by atoms with Gasteiger partial charge in [-0.05, 0) is 24.6 Å². The van der Waals surface area contributed by atoms with Crippen molar-refractivity contribution in [1.29, 1.82) is 0 Å². The van der Waals surface area contributed by atoms with Crippen molar-refractivity contribution in [3.8, 4) is 0 Å². The van der Waals surface area contributed by atoms with Crippen LogP contribution in [0.25, 0.3) is 6.08 Å². The van der Waals surface area contributed by atoms with Crippen molar-refractivity contribution >= 4 is 46.7 Å². The van der Waals surface area contributed by atoms with Crippen LogP contribution < -0.4 is 0 Å². The highest BCUT2D eigenvalue weighted by Crippen LogP contribution is 2.28. The van der Waals surface area contributed by atoms with E-state index in [1.807, 2.05) is 0 Å². The van der Waals surface area contributed by atoms with Gasteiger partial charge in [-0.1, -0.05) is 47.5 Å². The lowest BCUT2D eigenvalue weighted by atomic mass is 10.00. The summed E-state index contributed by atoms with van der Waals surface area (Å²) < 4.78 is 4.68. The van der Waals surface area contributed by atoms with Crippen molar-refractivity contribution < 1.29 is 19.2 Å². The lowest BCUT2D eigenvalue weighted by molar-refractivity contribution is -0.385. The van der Waals surface area contributed by atoms with Gasteiger partial charge in [-0.2, -0.15) is 0 Å². The molecule has 6 nitrogen and oxygen atoms in total. The molecule has 0 aliphatic carbocycles. The van der Waals surface area contributed by atoms with Crippen LogP contribution in [0.4, 0.5) is 5.69 Å². The van der Waals surface area contributed by atoms with Crippen LogP contribution in [-0.2, 0) is 20.7 Å². The van der Waals surface area contributed by atoms with Crippen LogP contribution in [0.3, 0.4) is 0 Å². The number of methoxy groups -OCH3 is 1. The molecule has 0 aliphatic rings. The minimum Gasteiger partial charge on any atom is -0.465 e. The average Bonchev–Trinajstić information content (AvgIpc) is 2.65. The molecule has 0 unspecified atom stereocenters. The number of esters is 1. The van der Waals surface area contributed by atoms with Gasteiger partial charge in [-0.15, -0.1) is 0 Å². The molecule has 0 spiro atoms. The Morgan fingerprint density at radius 3 is 2.33 bits per heavy atom. The van der Waals surface area contributed by atoms with Gasteiger partial charge in [-0.3, -0.25) is 14.9 Å². The third-order valence-electron chi connectivity index (χ3n) is 3.80. The number of carbonyl (C=O) groups is 2. The van der Waals surface area contributed by atoms with Crippen LogP contribution in [0.15, 0.2) is 48.0 Å². The van der Waals surface area contributed by atoms with Crippen LogP contribution in [0.2, 0.25) is 10.0 Å². The molecule has 0 saturated heterocycles. The molecule has 0 atom stereocenters. The second-order valence-electron chi connectivity index (χ2n) is 5.49. The minimum absolute atomic E-state index is 0.0805. The third-order valence-corrected chi connectivity index (χ3v) is 4.46. The molecule has 140 valence electrons. The summed E-state index contributed by atoms with van der Waals surface area (Å²) in [6.45, 7) is 0. The summed E-state index contributed by atoms with van der Waals surface area (Å²) in [7, 11) is 1.15. The Morgan fingerprint density at radius 1 is 1.11 bits per heavy atom. The Balaban J connectivity index is 2.31. The highest BCUT2D eigenvalue weighted by Gasteiger charge is 2.21. The van der Waals surface area contributed by atoms with E-state index in [4.69, 9.17) is 23.2 Å². The van der Waals surface area contributed by atoms with E-state index in [0.717, 1.165) is 7.11 Å². The number of hydrogen-bond acceptors (Lipinski definition) is 5.